The van der Waals surface area contributed by atoms with Crippen molar-refractivity contribution >= 4 is 12.0 Å². The predicted octanol–water partition coefficient (Wildman–Crippen LogP) is 1.56. The smallest absolute Gasteiger partial charge is 0.407 e. The van der Waals surface area contributed by atoms with Gasteiger partial charge in [0.1, 0.15) is 6.61 Å². The number of nitrogens with one attached hydrogen (secondary N) is 3. The fraction of sp³-hybridized carbons (Fsp3) is 0.529. The van der Waals surface area contributed by atoms with Crippen molar-refractivity contribution in [2.75, 3.05) is 6.54 Å². The highest BCUT2D eigenvalue weighted by atomic mass is 16.5. The standard InChI is InChI=1S/C17H25N3O3/c1-12(2)19-16(21)10-18-14-8-15(9-14)20-17(22)23-11-13-6-4-3-5-7-13/h3-7,12,14-15,18H,8-11H2,1-2H3,(H,19,21)(H,20,22). The zero-order valence-corrected chi connectivity index (χ0v) is 13.7. The van der Waals surface area contributed by atoms with E-state index in [-0.39, 0.29) is 30.6 Å². The average Bonchev–Trinajstić information content (AvgIpc) is 2.47. The average molecular weight is 319 g/mol. The second-order valence-corrected chi connectivity index (χ2v) is 6.17. The lowest BCUT2D eigenvalue weighted by molar-refractivity contribution is -0.121. The first-order valence-electron chi connectivity index (χ1n) is 8.03. The van der Waals surface area contributed by atoms with Crippen molar-refractivity contribution in [3.63, 3.8) is 0 Å². The molecule has 0 aromatic heterocycles. The monoisotopic (exact) mass is 319 g/mol. The minimum atomic E-state index is -0.394. The van der Waals surface area contributed by atoms with E-state index < -0.39 is 6.09 Å². The molecule has 6 nitrogen and oxygen atoms in total. The predicted molar refractivity (Wildman–Crippen MR) is 87.9 cm³/mol. The lowest BCUT2D eigenvalue weighted by Gasteiger charge is -2.36. The first-order chi connectivity index (χ1) is 11.0. The number of hydrogen-bond donors (Lipinski definition) is 3. The van der Waals surface area contributed by atoms with E-state index in [9.17, 15) is 9.59 Å². The Morgan fingerprint density at radius 2 is 1.87 bits per heavy atom. The van der Waals surface area contributed by atoms with Gasteiger partial charge in [-0.2, -0.15) is 0 Å². The van der Waals surface area contributed by atoms with Crippen molar-refractivity contribution in [3.8, 4) is 0 Å². The lowest BCUT2D eigenvalue weighted by Crippen LogP contribution is -2.54. The van der Waals surface area contributed by atoms with Crippen molar-refractivity contribution in [3.05, 3.63) is 35.9 Å². The molecule has 1 aliphatic carbocycles. The fourth-order valence-corrected chi connectivity index (χ4v) is 2.44. The third kappa shape index (κ3) is 6.28. The van der Waals surface area contributed by atoms with Gasteiger partial charge in [-0.3, -0.25) is 4.79 Å². The zero-order chi connectivity index (χ0) is 16.7. The molecular weight excluding hydrogens is 294 g/mol. The molecule has 126 valence electrons. The van der Waals surface area contributed by atoms with Gasteiger partial charge in [-0.05, 0) is 32.3 Å². The van der Waals surface area contributed by atoms with Gasteiger partial charge >= 0.3 is 6.09 Å². The number of ether oxygens (including phenoxy) is 1. The van der Waals surface area contributed by atoms with Gasteiger partial charge in [-0.25, -0.2) is 4.79 Å². The van der Waals surface area contributed by atoms with Crippen LogP contribution < -0.4 is 16.0 Å². The van der Waals surface area contributed by atoms with E-state index in [1.807, 2.05) is 44.2 Å². The first kappa shape index (κ1) is 17.3. The van der Waals surface area contributed by atoms with Crippen LogP contribution in [-0.2, 0) is 16.1 Å². The van der Waals surface area contributed by atoms with Crippen LogP contribution in [0.2, 0.25) is 0 Å². The molecule has 0 aliphatic heterocycles. The molecule has 1 fully saturated rings. The van der Waals surface area contributed by atoms with Crippen LogP contribution >= 0.6 is 0 Å². The summed E-state index contributed by atoms with van der Waals surface area (Å²) in [5.41, 5.74) is 0.965. The molecule has 2 rings (SSSR count). The SMILES string of the molecule is CC(C)NC(=O)CNC1CC(NC(=O)OCc2ccccc2)C1. The molecule has 0 bridgehead atoms. The second kappa shape index (κ2) is 8.53. The van der Waals surface area contributed by atoms with Crippen molar-refractivity contribution < 1.29 is 14.3 Å². The Labute approximate surface area is 137 Å². The van der Waals surface area contributed by atoms with E-state index in [4.69, 9.17) is 4.74 Å². The van der Waals surface area contributed by atoms with Crippen LogP contribution in [-0.4, -0.2) is 36.7 Å². The van der Waals surface area contributed by atoms with E-state index in [2.05, 4.69) is 16.0 Å². The van der Waals surface area contributed by atoms with Crippen molar-refractivity contribution in [1.82, 2.24) is 16.0 Å². The zero-order valence-electron chi connectivity index (χ0n) is 13.7. The number of amides is 2. The highest BCUT2D eigenvalue weighted by molar-refractivity contribution is 5.78. The molecule has 0 unspecified atom stereocenters. The highest BCUT2D eigenvalue weighted by Crippen LogP contribution is 2.19. The summed E-state index contributed by atoms with van der Waals surface area (Å²) in [6.45, 7) is 4.45. The van der Waals surface area contributed by atoms with Crippen LogP contribution in [0.25, 0.3) is 0 Å². The molecule has 6 heteroatoms. The summed E-state index contributed by atoms with van der Waals surface area (Å²) in [4.78, 5) is 23.2. The van der Waals surface area contributed by atoms with Crippen molar-refractivity contribution in [2.45, 2.75) is 51.4 Å². The van der Waals surface area contributed by atoms with Crippen LogP contribution in [0.1, 0.15) is 32.3 Å². The van der Waals surface area contributed by atoms with E-state index in [0.29, 0.717) is 6.54 Å². The summed E-state index contributed by atoms with van der Waals surface area (Å²) in [7, 11) is 0. The van der Waals surface area contributed by atoms with E-state index >= 15 is 0 Å². The largest absolute Gasteiger partial charge is 0.445 e. The highest BCUT2D eigenvalue weighted by Gasteiger charge is 2.30. The Balaban J connectivity index is 1.55. The van der Waals surface area contributed by atoms with Crippen molar-refractivity contribution in [2.24, 2.45) is 0 Å². The van der Waals surface area contributed by atoms with Gasteiger partial charge in [-0.15, -0.1) is 0 Å². The minimum absolute atomic E-state index is 0.00122. The number of alkyl carbamates (subject to hydrolysis) is 1. The topological polar surface area (TPSA) is 79.5 Å². The van der Waals surface area contributed by atoms with Crippen LogP contribution in [0.15, 0.2) is 30.3 Å². The summed E-state index contributed by atoms with van der Waals surface area (Å²) in [6, 6.07) is 10.1. The number of rotatable bonds is 7. The van der Waals surface area contributed by atoms with E-state index in [1.165, 1.54) is 0 Å². The fourth-order valence-electron chi connectivity index (χ4n) is 2.44. The Morgan fingerprint density at radius 3 is 2.52 bits per heavy atom. The third-order valence-electron chi connectivity index (χ3n) is 3.67. The quantitative estimate of drug-likeness (QED) is 0.712. The number of benzene rings is 1. The molecule has 2 amide bonds. The second-order valence-electron chi connectivity index (χ2n) is 6.17. The van der Waals surface area contributed by atoms with Gasteiger partial charge in [0, 0.05) is 18.1 Å². The van der Waals surface area contributed by atoms with Gasteiger partial charge in [0.15, 0.2) is 0 Å². The molecule has 0 spiro atoms. The molecule has 1 aromatic rings. The molecule has 0 heterocycles. The van der Waals surface area contributed by atoms with Crippen LogP contribution in [0.5, 0.6) is 0 Å². The van der Waals surface area contributed by atoms with E-state index in [0.717, 1.165) is 18.4 Å². The maximum Gasteiger partial charge on any atom is 0.407 e. The molecule has 1 aromatic carbocycles. The Bertz CT molecular complexity index is 513. The number of carbonyl (C=O) groups excluding carboxylic acids is 2. The maximum absolute atomic E-state index is 11.7. The third-order valence-corrected chi connectivity index (χ3v) is 3.67. The van der Waals surface area contributed by atoms with E-state index in [1.54, 1.807) is 0 Å². The Kier molecular flexibility index (Phi) is 6.40. The van der Waals surface area contributed by atoms with Crippen LogP contribution in [0.3, 0.4) is 0 Å². The normalized spacial score (nSPS) is 19.8. The summed E-state index contributed by atoms with van der Waals surface area (Å²) in [6.07, 6.45) is 1.24. The lowest BCUT2D eigenvalue weighted by atomic mass is 9.87. The van der Waals surface area contributed by atoms with Crippen LogP contribution in [0.4, 0.5) is 4.79 Å². The molecule has 0 radical (unpaired) electrons. The van der Waals surface area contributed by atoms with Gasteiger partial charge < -0.3 is 20.7 Å². The molecule has 0 atom stereocenters. The van der Waals surface area contributed by atoms with Gasteiger partial charge in [-0.1, -0.05) is 30.3 Å². The summed E-state index contributed by atoms with van der Waals surface area (Å²) in [5.74, 6) is -0.00122. The Morgan fingerprint density at radius 1 is 1.17 bits per heavy atom. The van der Waals surface area contributed by atoms with Crippen LogP contribution in [0, 0.1) is 0 Å². The Hall–Kier alpha value is -2.08. The molecule has 23 heavy (non-hydrogen) atoms. The first-order valence-corrected chi connectivity index (χ1v) is 8.03. The molecular formula is C17H25N3O3. The summed E-state index contributed by atoms with van der Waals surface area (Å²) >= 11 is 0. The minimum Gasteiger partial charge on any atom is -0.445 e. The van der Waals surface area contributed by atoms with Crippen molar-refractivity contribution in [1.29, 1.82) is 0 Å². The number of hydrogen-bond acceptors (Lipinski definition) is 4. The van der Waals surface area contributed by atoms with Gasteiger partial charge in [0.25, 0.3) is 0 Å². The molecule has 0 saturated heterocycles. The molecule has 3 N–H and O–H groups in total. The summed E-state index contributed by atoms with van der Waals surface area (Å²) in [5, 5.41) is 8.85. The number of carbonyl (C=O) groups is 2. The molecule has 1 saturated carbocycles. The maximum atomic E-state index is 11.7. The van der Waals surface area contributed by atoms with Gasteiger partial charge in [0.2, 0.25) is 5.91 Å². The van der Waals surface area contributed by atoms with Gasteiger partial charge in [0.05, 0.1) is 6.54 Å². The molecule has 1 aliphatic rings. The summed E-state index contributed by atoms with van der Waals surface area (Å²) < 4.78 is 5.18.